The summed E-state index contributed by atoms with van der Waals surface area (Å²) in [6.07, 6.45) is 0.962. The minimum Gasteiger partial charge on any atom is -0.369 e. The summed E-state index contributed by atoms with van der Waals surface area (Å²) in [5.41, 5.74) is 3.74. The van der Waals surface area contributed by atoms with Crippen LogP contribution >= 0.6 is 0 Å². The van der Waals surface area contributed by atoms with Gasteiger partial charge in [0.25, 0.3) is 0 Å². The molecule has 3 rings (SSSR count). The van der Waals surface area contributed by atoms with Crippen molar-refractivity contribution in [3.05, 3.63) is 65.7 Å². The largest absolute Gasteiger partial charge is 0.369 e. The van der Waals surface area contributed by atoms with Gasteiger partial charge in [0.15, 0.2) is 0 Å². The standard InChI is InChI=1S/C23H32N4O/c1-19-7-6-10-22(17-19)27-15-13-26(14-16-27)12-11-20(2)25-23(28)24-18-21-8-4-3-5-9-21/h3-10,17,20H,11-16,18H2,1-2H3,(H2,24,25,28). The van der Waals surface area contributed by atoms with E-state index in [-0.39, 0.29) is 12.1 Å². The maximum absolute atomic E-state index is 12.1. The van der Waals surface area contributed by atoms with Gasteiger partial charge in [0.1, 0.15) is 0 Å². The Labute approximate surface area is 168 Å². The number of urea groups is 1. The van der Waals surface area contributed by atoms with Gasteiger partial charge in [0.05, 0.1) is 0 Å². The lowest BCUT2D eigenvalue weighted by molar-refractivity contribution is 0.227. The zero-order valence-electron chi connectivity index (χ0n) is 17.0. The number of nitrogens with zero attached hydrogens (tertiary/aromatic N) is 2. The number of carbonyl (C=O) groups is 1. The van der Waals surface area contributed by atoms with Crippen molar-refractivity contribution in [2.24, 2.45) is 0 Å². The second-order valence-corrected chi connectivity index (χ2v) is 7.67. The lowest BCUT2D eigenvalue weighted by Crippen LogP contribution is -2.48. The Bertz CT molecular complexity index is 741. The molecule has 2 amide bonds. The van der Waals surface area contributed by atoms with Crippen LogP contribution in [-0.2, 0) is 6.54 Å². The molecule has 2 aromatic carbocycles. The highest BCUT2D eigenvalue weighted by Crippen LogP contribution is 2.17. The van der Waals surface area contributed by atoms with Crippen molar-refractivity contribution in [1.29, 1.82) is 0 Å². The molecule has 1 aliphatic rings. The molecule has 1 fully saturated rings. The number of anilines is 1. The molecule has 1 saturated heterocycles. The molecule has 150 valence electrons. The molecular weight excluding hydrogens is 348 g/mol. The second-order valence-electron chi connectivity index (χ2n) is 7.67. The van der Waals surface area contributed by atoms with Crippen molar-refractivity contribution in [1.82, 2.24) is 15.5 Å². The van der Waals surface area contributed by atoms with Crippen LogP contribution in [0.25, 0.3) is 0 Å². The highest BCUT2D eigenvalue weighted by atomic mass is 16.2. The molecule has 1 heterocycles. The molecule has 1 unspecified atom stereocenters. The average Bonchev–Trinajstić information content (AvgIpc) is 2.72. The summed E-state index contributed by atoms with van der Waals surface area (Å²) in [5.74, 6) is 0. The highest BCUT2D eigenvalue weighted by molar-refractivity contribution is 5.74. The van der Waals surface area contributed by atoms with Crippen LogP contribution < -0.4 is 15.5 Å². The fraction of sp³-hybridized carbons (Fsp3) is 0.435. The first kappa shape index (κ1) is 20.2. The Morgan fingerprint density at radius 1 is 1.04 bits per heavy atom. The van der Waals surface area contributed by atoms with Gasteiger partial charge >= 0.3 is 6.03 Å². The Morgan fingerprint density at radius 2 is 1.79 bits per heavy atom. The minimum atomic E-state index is -0.0966. The number of nitrogens with one attached hydrogen (secondary N) is 2. The van der Waals surface area contributed by atoms with E-state index in [1.807, 2.05) is 30.3 Å². The van der Waals surface area contributed by atoms with Crippen molar-refractivity contribution in [3.8, 4) is 0 Å². The van der Waals surface area contributed by atoms with E-state index >= 15 is 0 Å². The SMILES string of the molecule is Cc1cccc(N2CCN(CCC(C)NC(=O)NCc3ccccc3)CC2)c1. The molecule has 1 aliphatic heterocycles. The summed E-state index contributed by atoms with van der Waals surface area (Å²) in [6, 6.07) is 18.8. The van der Waals surface area contributed by atoms with Crippen LogP contribution in [0.5, 0.6) is 0 Å². The summed E-state index contributed by atoms with van der Waals surface area (Å²) in [7, 11) is 0. The van der Waals surface area contributed by atoms with E-state index < -0.39 is 0 Å². The molecule has 0 bridgehead atoms. The first-order chi connectivity index (χ1) is 13.6. The fourth-order valence-electron chi connectivity index (χ4n) is 3.56. The van der Waals surface area contributed by atoms with Gasteiger partial charge in [0.2, 0.25) is 0 Å². The minimum absolute atomic E-state index is 0.0966. The number of hydrogen-bond acceptors (Lipinski definition) is 3. The molecule has 5 heteroatoms. The molecule has 28 heavy (non-hydrogen) atoms. The Balaban J connectivity index is 1.33. The zero-order chi connectivity index (χ0) is 19.8. The van der Waals surface area contributed by atoms with Crippen LogP contribution in [0.3, 0.4) is 0 Å². The molecule has 2 N–H and O–H groups in total. The van der Waals surface area contributed by atoms with E-state index in [4.69, 9.17) is 0 Å². The number of carbonyl (C=O) groups excluding carboxylic acids is 1. The second kappa shape index (κ2) is 10.1. The molecule has 0 radical (unpaired) electrons. The maximum Gasteiger partial charge on any atom is 0.315 e. The molecule has 5 nitrogen and oxygen atoms in total. The van der Waals surface area contributed by atoms with Gasteiger partial charge in [-0.3, -0.25) is 4.90 Å². The molecule has 0 aromatic heterocycles. The Kier molecular flexibility index (Phi) is 7.31. The van der Waals surface area contributed by atoms with Crippen molar-refractivity contribution >= 4 is 11.7 Å². The zero-order valence-corrected chi connectivity index (χ0v) is 17.0. The van der Waals surface area contributed by atoms with Crippen molar-refractivity contribution in [3.63, 3.8) is 0 Å². The average molecular weight is 381 g/mol. The van der Waals surface area contributed by atoms with Crippen LogP contribution in [0.4, 0.5) is 10.5 Å². The summed E-state index contributed by atoms with van der Waals surface area (Å²) in [4.78, 5) is 17.0. The smallest absolute Gasteiger partial charge is 0.315 e. The summed E-state index contributed by atoms with van der Waals surface area (Å²) < 4.78 is 0. The topological polar surface area (TPSA) is 47.6 Å². The number of rotatable bonds is 7. The van der Waals surface area contributed by atoms with Gasteiger partial charge < -0.3 is 15.5 Å². The molecule has 0 saturated carbocycles. The maximum atomic E-state index is 12.1. The van der Waals surface area contributed by atoms with Crippen molar-refractivity contribution in [2.75, 3.05) is 37.6 Å². The van der Waals surface area contributed by atoms with Gasteiger partial charge in [0, 0.05) is 51.0 Å². The third-order valence-corrected chi connectivity index (χ3v) is 5.29. The third-order valence-electron chi connectivity index (χ3n) is 5.29. The Hall–Kier alpha value is -2.53. The van der Waals surface area contributed by atoms with Crippen LogP contribution in [0.2, 0.25) is 0 Å². The third kappa shape index (κ3) is 6.27. The van der Waals surface area contributed by atoms with Gasteiger partial charge in [-0.05, 0) is 43.5 Å². The quantitative estimate of drug-likeness (QED) is 0.774. The van der Waals surface area contributed by atoms with Gasteiger partial charge in [-0.15, -0.1) is 0 Å². The lowest BCUT2D eigenvalue weighted by Gasteiger charge is -2.36. The van der Waals surface area contributed by atoms with Crippen LogP contribution in [0, 0.1) is 6.92 Å². The normalized spacial score (nSPS) is 15.9. The Morgan fingerprint density at radius 3 is 2.50 bits per heavy atom. The van der Waals surface area contributed by atoms with E-state index in [9.17, 15) is 4.79 Å². The van der Waals surface area contributed by atoms with Gasteiger partial charge in [-0.25, -0.2) is 4.79 Å². The van der Waals surface area contributed by atoms with E-state index in [2.05, 4.69) is 58.5 Å². The first-order valence-corrected chi connectivity index (χ1v) is 10.2. The van der Waals surface area contributed by atoms with Gasteiger partial charge in [-0.2, -0.15) is 0 Å². The first-order valence-electron chi connectivity index (χ1n) is 10.2. The van der Waals surface area contributed by atoms with Crippen molar-refractivity contribution < 1.29 is 4.79 Å². The number of hydrogen-bond donors (Lipinski definition) is 2. The molecule has 1 atom stereocenters. The predicted molar refractivity (Wildman–Crippen MR) is 116 cm³/mol. The van der Waals surface area contributed by atoms with Gasteiger partial charge in [-0.1, -0.05) is 42.5 Å². The summed E-state index contributed by atoms with van der Waals surface area (Å²) in [6.45, 7) is 10.0. The van der Waals surface area contributed by atoms with E-state index in [1.54, 1.807) is 0 Å². The van der Waals surface area contributed by atoms with E-state index in [0.717, 1.165) is 44.7 Å². The number of piperazine rings is 1. The van der Waals surface area contributed by atoms with E-state index in [0.29, 0.717) is 6.54 Å². The molecule has 2 aromatic rings. The highest BCUT2D eigenvalue weighted by Gasteiger charge is 2.18. The van der Waals surface area contributed by atoms with Crippen LogP contribution in [0.15, 0.2) is 54.6 Å². The lowest BCUT2D eigenvalue weighted by atomic mass is 10.1. The fourth-order valence-corrected chi connectivity index (χ4v) is 3.56. The number of amides is 2. The monoisotopic (exact) mass is 380 g/mol. The summed E-state index contributed by atoms with van der Waals surface area (Å²) in [5, 5.41) is 5.97. The molecule has 0 spiro atoms. The van der Waals surface area contributed by atoms with Crippen LogP contribution in [-0.4, -0.2) is 49.7 Å². The molecular formula is C23H32N4O. The number of aryl methyl sites for hydroxylation is 1. The predicted octanol–water partition coefficient (Wildman–Crippen LogP) is 3.40. The molecule has 0 aliphatic carbocycles. The summed E-state index contributed by atoms with van der Waals surface area (Å²) >= 11 is 0. The van der Waals surface area contributed by atoms with Crippen LogP contribution in [0.1, 0.15) is 24.5 Å². The van der Waals surface area contributed by atoms with Crippen molar-refractivity contribution in [2.45, 2.75) is 32.9 Å². The van der Waals surface area contributed by atoms with E-state index in [1.165, 1.54) is 11.3 Å². The number of benzene rings is 2.